The Bertz CT molecular complexity index is 1100. The zero-order valence-electron chi connectivity index (χ0n) is 19.2. The van der Waals surface area contributed by atoms with Crippen LogP contribution in [-0.4, -0.2) is 46.2 Å². The molecule has 1 fully saturated rings. The van der Waals surface area contributed by atoms with E-state index in [-0.39, 0.29) is 0 Å². The van der Waals surface area contributed by atoms with Gasteiger partial charge in [-0.25, -0.2) is 4.98 Å². The minimum Gasteiger partial charge on any atom is -0.365 e. The van der Waals surface area contributed by atoms with Crippen LogP contribution in [0.2, 0.25) is 0 Å². The highest BCUT2D eigenvalue weighted by Crippen LogP contribution is 2.31. The number of aromatic amines is 1. The van der Waals surface area contributed by atoms with Crippen molar-refractivity contribution < 1.29 is 13.2 Å². The number of nitrogens with one attached hydrogen (secondary N) is 2. The molecule has 180 valence electrons. The lowest BCUT2D eigenvalue weighted by molar-refractivity contribution is -0.137. The Hall–Kier alpha value is -2.91. The second-order valence-electron chi connectivity index (χ2n) is 8.50. The monoisotopic (exact) mass is 487 g/mol. The van der Waals surface area contributed by atoms with Crippen molar-refractivity contribution in [3.05, 3.63) is 71.5 Å². The molecule has 9 heteroatoms. The van der Waals surface area contributed by atoms with Gasteiger partial charge in [-0.15, -0.1) is 0 Å². The first-order chi connectivity index (χ1) is 16.3. The molecule has 0 bridgehead atoms. The average Bonchev–Trinajstić information content (AvgIpc) is 3.20. The number of hydrogen-bond donors (Lipinski definition) is 2. The van der Waals surface area contributed by atoms with Gasteiger partial charge in [0.05, 0.1) is 11.3 Å². The SMILES string of the molecule is CNC(=S)N(c1ccccc1)C1CCN(Cc2nc(-c3ccc(C(F)(F)F)cc3)[nH]c2C)CC1. The lowest BCUT2D eigenvalue weighted by Crippen LogP contribution is -2.50. The number of benzene rings is 2. The summed E-state index contributed by atoms with van der Waals surface area (Å²) in [6.45, 7) is 4.45. The molecule has 5 nitrogen and oxygen atoms in total. The van der Waals surface area contributed by atoms with Crippen molar-refractivity contribution in [1.82, 2.24) is 20.2 Å². The van der Waals surface area contributed by atoms with Gasteiger partial charge in [-0.3, -0.25) is 4.90 Å². The molecular weight excluding hydrogens is 459 g/mol. The Kier molecular flexibility index (Phi) is 7.23. The highest BCUT2D eigenvalue weighted by molar-refractivity contribution is 7.80. The van der Waals surface area contributed by atoms with E-state index >= 15 is 0 Å². The van der Waals surface area contributed by atoms with Crippen LogP contribution in [0.3, 0.4) is 0 Å². The normalized spacial score (nSPS) is 15.3. The van der Waals surface area contributed by atoms with Gasteiger partial charge in [0.1, 0.15) is 5.82 Å². The standard InChI is InChI=1S/C25H28F3N5S/c1-17-22(31-23(30-17)18-8-10-19(11-9-18)25(26,27)28)16-32-14-12-21(13-15-32)33(24(34)29-2)20-6-4-3-5-7-20/h3-11,21H,12-16H2,1-2H3,(H,29,34)(H,30,31). The Balaban J connectivity index is 1.41. The molecule has 3 aromatic rings. The van der Waals surface area contributed by atoms with Gasteiger partial charge in [-0.05, 0) is 56.2 Å². The number of imidazole rings is 1. The van der Waals surface area contributed by atoms with Gasteiger partial charge in [-0.1, -0.05) is 30.3 Å². The van der Waals surface area contributed by atoms with Crippen LogP contribution in [0.1, 0.15) is 29.8 Å². The number of likely N-dealkylation sites (tertiary alicyclic amines) is 1. The van der Waals surface area contributed by atoms with Crippen LogP contribution in [0.4, 0.5) is 18.9 Å². The number of anilines is 1. The van der Waals surface area contributed by atoms with Gasteiger partial charge < -0.3 is 15.2 Å². The third-order valence-electron chi connectivity index (χ3n) is 6.23. The number of aromatic nitrogens is 2. The minimum atomic E-state index is -4.35. The molecule has 2 N–H and O–H groups in total. The molecule has 34 heavy (non-hydrogen) atoms. The first kappa shape index (κ1) is 24.2. The van der Waals surface area contributed by atoms with E-state index in [4.69, 9.17) is 12.2 Å². The van der Waals surface area contributed by atoms with Crippen molar-refractivity contribution in [3.8, 4) is 11.4 Å². The molecule has 0 radical (unpaired) electrons. The zero-order valence-corrected chi connectivity index (χ0v) is 20.0. The second-order valence-corrected chi connectivity index (χ2v) is 8.89. The van der Waals surface area contributed by atoms with E-state index in [2.05, 4.69) is 37.2 Å². The van der Waals surface area contributed by atoms with E-state index in [0.717, 1.165) is 55.1 Å². The molecule has 0 unspecified atom stereocenters. The fraction of sp³-hybridized carbons (Fsp3) is 0.360. The number of para-hydroxylation sites is 1. The first-order valence-corrected chi connectivity index (χ1v) is 11.7. The van der Waals surface area contributed by atoms with E-state index < -0.39 is 11.7 Å². The van der Waals surface area contributed by atoms with Crippen LogP contribution in [0.25, 0.3) is 11.4 Å². The summed E-state index contributed by atoms with van der Waals surface area (Å²) in [4.78, 5) is 12.5. The molecule has 0 atom stereocenters. The third-order valence-corrected chi connectivity index (χ3v) is 6.63. The van der Waals surface area contributed by atoms with Gasteiger partial charge in [0.15, 0.2) is 5.11 Å². The predicted molar refractivity (Wildman–Crippen MR) is 133 cm³/mol. The zero-order chi connectivity index (χ0) is 24.3. The maximum atomic E-state index is 12.8. The molecule has 2 heterocycles. The fourth-order valence-electron chi connectivity index (χ4n) is 4.35. The predicted octanol–water partition coefficient (Wildman–Crippen LogP) is 5.38. The van der Waals surface area contributed by atoms with E-state index in [1.807, 2.05) is 32.2 Å². The third kappa shape index (κ3) is 5.42. The maximum absolute atomic E-state index is 12.8. The van der Waals surface area contributed by atoms with E-state index in [1.165, 1.54) is 12.1 Å². The summed E-state index contributed by atoms with van der Waals surface area (Å²) < 4.78 is 38.5. The fourth-order valence-corrected chi connectivity index (χ4v) is 4.61. The quantitative estimate of drug-likeness (QED) is 0.474. The summed E-state index contributed by atoms with van der Waals surface area (Å²) in [5, 5.41) is 3.83. The van der Waals surface area contributed by atoms with E-state index in [1.54, 1.807) is 0 Å². The number of rotatable bonds is 5. The smallest absolute Gasteiger partial charge is 0.365 e. The van der Waals surface area contributed by atoms with Gasteiger partial charge >= 0.3 is 6.18 Å². The number of aryl methyl sites for hydroxylation is 1. The number of piperidine rings is 1. The molecule has 0 aliphatic carbocycles. The van der Waals surface area contributed by atoms with Crippen LogP contribution in [0.5, 0.6) is 0 Å². The Morgan fingerprint density at radius 2 is 1.76 bits per heavy atom. The summed E-state index contributed by atoms with van der Waals surface area (Å²) >= 11 is 5.59. The van der Waals surface area contributed by atoms with Crippen LogP contribution in [-0.2, 0) is 12.7 Å². The van der Waals surface area contributed by atoms with Gasteiger partial charge in [-0.2, -0.15) is 13.2 Å². The van der Waals surface area contributed by atoms with Gasteiger partial charge in [0, 0.05) is 49.7 Å². The highest BCUT2D eigenvalue weighted by Gasteiger charge is 2.30. The maximum Gasteiger partial charge on any atom is 0.416 e. The summed E-state index contributed by atoms with van der Waals surface area (Å²) in [6.07, 6.45) is -2.42. The average molecular weight is 488 g/mol. The first-order valence-electron chi connectivity index (χ1n) is 11.3. The molecule has 0 spiro atoms. The number of halogens is 3. The largest absolute Gasteiger partial charge is 0.416 e. The number of thiocarbonyl (C=S) groups is 1. The molecule has 1 saturated heterocycles. The lowest BCUT2D eigenvalue weighted by Gasteiger charge is -2.39. The molecule has 0 saturated carbocycles. The van der Waals surface area contributed by atoms with Crippen molar-refractivity contribution in [2.24, 2.45) is 0 Å². The van der Waals surface area contributed by atoms with Crippen molar-refractivity contribution in [1.29, 1.82) is 0 Å². The Morgan fingerprint density at radius 1 is 1.12 bits per heavy atom. The Morgan fingerprint density at radius 3 is 2.35 bits per heavy atom. The summed E-state index contributed by atoms with van der Waals surface area (Å²) in [5.74, 6) is 0.589. The van der Waals surface area contributed by atoms with Crippen LogP contribution < -0.4 is 10.2 Å². The van der Waals surface area contributed by atoms with Crippen molar-refractivity contribution in [2.75, 3.05) is 25.0 Å². The number of nitrogens with zero attached hydrogens (tertiary/aromatic N) is 3. The Labute approximate surface area is 203 Å². The minimum absolute atomic E-state index is 0.307. The van der Waals surface area contributed by atoms with Crippen LogP contribution >= 0.6 is 12.2 Å². The summed E-state index contributed by atoms with van der Waals surface area (Å²) in [7, 11) is 1.85. The molecule has 1 aliphatic heterocycles. The number of alkyl halides is 3. The van der Waals surface area contributed by atoms with E-state index in [0.29, 0.717) is 29.1 Å². The molecule has 2 aromatic carbocycles. The molecular formula is C25H28F3N5S. The lowest BCUT2D eigenvalue weighted by atomic mass is 10.0. The molecule has 0 amide bonds. The molecule has 1 aliphatic rings. The number of hydrogen-bond acceptors (Lipinski definition) is 3. The van der Waals surface area contributed by atoms with Crippen molar-refractivity contribution >= 4 is 23.0 Å². The van der Waals surface area contributed by atoms with Gasteiger partial charge in [0.2, 0.25) is 0 Å². The second kappa shape index (κ2) is 10.1. The molecule has 4 rings (SSSR count). The van der Waals surface area contributed by atoms with Crippen molar-refractivity contribution in [3.63, 3.8) is 0 Å². The molecule has 1 aromatic heterocycles. The van der Waals surface area contributed by atoms with Gasteiger partial charge in [0.25, 0.3) is 0 Å². The highest BCUT2D eigenvalue weighted by atomic mass is 32.1. The topological polar surface area (TPSA) is 47.2 Å². The number of H-pyrrole nitrogens is 1. The van der Waals surface area contributed by atoms with E-state index in [9.17, 15) is 13.2 Å². The summed E-state index contributed by atoms with van der Waals surface area (Å²) in [6, 6.07) is 15.6. The van der Waals surface area contributed by atoms with Crippen LogP contribution in [0, 0.1) is 6.92 Å². The van der Waals surface area contributed by atoms with Crippen LogP contribution in [0.15, 0.2) is 54.6 Å². The summed E-state index contributed by atoms with van der Waals surface area (Å²) in [5.41, 5.74) is 2.91. The van der Waals surface area contributed by atoms with Crippen molar-refractivity contribution in [2.45, 2.75) is 38.5 Å².